The van der Waals surface area contributed by atoms with Crippen LogP contribution in [-0.2, 0) is 9.59 Å². The highest BCUT2D eigenvalue weighted by molar-refractivity contribution is 6.08. The van der Waals surface area contributed by atoms with Crippen LogP contribution in [0.4, 0.5) is 0 Å². The number of Topliss-reactive ketones (excluding diaryl/α,β-unsaturated/α-hetero) is 1. The van der Waals surface area contributed by atoms with E-state index in [4.69, 9.17) is 0 Å². The molecule has 0 bridgehead atoms. The van der Waals surface area contributed by atoms with E-state index in [1.165, 1.54) is 24.9 Å². The summed E-state index contributed by atoms with van der Waals surface area (Å²) in [6.07, 6.45) is 2.35. The van der Waals surface area contributed by atoms with Crippen LogP contribution in [0.1, 0.15) is 25.5 Å². The van der Waals surface area contributed by atoms with E-state index in [1.54, 1.807) is 18.3 Å². The Morgan fingerprint density at radius 3 is 2.75 bits per heavy atom. The summed E-state index contributed by atoms with van der Waals surface area (Å²) in [7, 11) is 0. The summed E-state index contributed by atoms with van der Waals surface area (Å²) >= 11 is 0. The summed E-state index contributed by atoms with van der Waals surface area (Å²) in [5.74, 6) is -1.57. The fraction of sp³-hybridized carbons (Fsp3) is 0.357. The molecule has 6 heteroatoms. The minimum atomic E-state index is -0.766. The summed E-state index contributed by atoms with van der Waals surface area (Å²) in [6.45, 7) is 2.86. The lowest BCUT2D eigenvalue weighted by atomic mass is 9.98. The second kappa shape index (κ2) is 5.42. The fourth-order valence-corrected chi connectivity index (χ4v) is 2.37. The van der Waals surface area contributed by atoms with Crippen molar-refractivity contribution in [3.8, 4) is 0 Å². The van der Waals surface area contributed by atoms with Crippen molar-refractivity contribution in [3.05, 3.63) is 41.4 Å². The Bertz CT molecular complexity index is 566. The quantitative estimate of drug-likeness (QED) is 0.846. The van der Waals surface area contributed by atoms with Crippen molar-refractivity contribution < 1.29 is 19.8 Å². The topological polar surface area (TPSA) is 90.7 Å². The second-order valence-electron chi connectivity index (χ2n) is 4.81. The summed E-state index contributed by atoms with van der Waals surface area (Å²) < 4.78 is 0. The van der Waals surface area contributed by atoms with Gasteiger partial charge in [0.25, 0.3) is 5.91 Å². The summed E-state index contributed by atoms with van der Waals surface area (Å²) in [4.78, 5) is 29.1. The highest BCUT2D eigenvalue weighted by atomic mass is 16.3. The molecular formula is C14H16N2O4. The van der Waals surface area contributed by atoms with Crippen LogP contribution in [0, 0.1) is 0 Å². The van der Waals surface area contributed by atoms with Gasteiger partial charge in [0.05, 0.1) is 17.7 Å². The number of aliphatic hydroxyl groups excluding tert-OH is 2. The Kier molecular flexibility index (Phi) is 3.85. The number of amides is 1. The zero-order valence-corrected chi connectivity index (χ0v) is 11.3. The highest BCUT2D eigenvalue weighted by Gasteiger charge is 2.42. The molecular weight excluding hydrogens is 260 g/mol. The third kappa shape index (κ3) is 2.42. The van der Waals surface area contributed by atoms with Gasteiger partial charge in [-0.2, -0.15) is 0 Å². The number of aromatic nitrogens is 1. The third-order valence-corrected chi connectivity index (χ3v) is 3.14. The Balaban J connectivity index is 2.50. The number of rotatable bonds is 4. The Morgan fingerprint density at radius 2 is 2.25 bits per heavy atom. The average Bonchev–Trinajstić information content (AvgIpc) is 2.64. The molecule has 2 atom stereocenters. The minimum absolute atomic E-state index is 0.0270. The first-order valence-corrected chi connectivity index (χ1v) is 6.26. The van der Waals surface area contributed by atoms with Gasteiger partial charge in [0, 0.05) is 18.9 Å². The molecule has 0 aromatic carbocycles. The van der Waals surface area contributed by atoms with Crippen LogP contribution < -0.4 is 0 Å². The van der Waals surface area contributed by atoms with Gasteiger partial charge in [-0.05, 0) is 25.5 Å². The van der Waals surface area contributed by atoms with Crippen molar-refractivity contribution in [2.45, 2.75) is 26.0 Å². The standard InChI is InChI=1S/C14H16N2O4/c1-8(17)7-16-12(10-4-3-5-15-6-10)11(9(2)18)13(19)14(16)20/h3-6,8,12,17,19H,7H2,1-2H3/t8-,12+/m0/s1. The highest BCUT2D eigenvalue weighted by Crippen LogP contribution is 2.37. The number of pyridine rings is 1. The Labute approximate surface area is 116 Å². The van der Waals surface area contributed by atoms with E-state index >= 15 is 0 Å². The number of ketones is 1. The molecule has 1 aliphatic heterocycles. The van der Waals surface area contributed by atoms with Gasteiger partial charge in [-0.25, -0.2) is 0 Å². The maximum absolute atomic E-state index is 12.1. The molecule has 2 N–H and O–H groups in total. The smallest absolute Gasteiger partial charge is 0.290 e. The van der Waals surface area contributed by atoms with Gasteiger partial charge in [0.2, 0.25) is 0 Å². The van der Waals surface area contributed by atoms with E-state index in [0.29, 0.717) is 5.56 Å². The van der Waals surface area contributed by atoms with Gasteiger partial charge in [0.1, 0.15) is 0 Å². The van der Waals surface area contributed by atoms with Gasteiger partial charge >= 0.3 is 0 Å². The van der Waals surface area contributed by atoms with E-state index in [9.17, 15) is 19.8 Å². The number of hydrogen-bond donors (Lipinski definition) is 2. The number of aliphatic hydroxyl groups is 2. The molecule has 0 saturated carbocycles. The van der Waals surface area contributed by atoms with Crippen molar-refractivity contribution in [2.75, 3.05) is 6.54 Å². The summed E-state index contributed by atoms with van der Waals surface area (Å²) in [5, 5.41) is 19.4. The fourth-order valence-electron chi connectivity index (χ4n) is 2.37. The van der Waals surface area contributed by atoms with Crippen LogP contribution in [0.3, 0.4) is 0 Å². The average molecular weight is 276 g/mol. The van der Waals surface area contributed by atoms with E-state index in [1.807, 2.05) is 0 Å². The van der Waals surface area contributed by atoms with Gasteiger partial charge in [-0.15, -0.1) is 0 Å². The van der Waals surface area contributed by atoms with Crippen LogP contribution >= 0.6 is 0 Å². The number of β-amino-alcohol motifs (C(OH)–C–C–N with tert-alkyl or cyclic N) is 1. The zero-order chi connectivity index (χ0) is 14.9. The maximum atomic E-state index is 12.1. The van der Waals surface area contributed by atoms with Gasteiger partial charge in [0.15, 0.2) is 11.5 Å². The monoisotopic (exact) mass is 276 g/mol. The third-order valence-electron chi connectivity index (χ3n) is 3.14. The van der Waals surface area contributed by atoms with Crippen LogP contribution in [0.2, 0.25) is 0 Å². The van der Waals surface area contributed by atoms with Crippen LogP contribution in [0.5, 0.6) is 0 Å². The maximum Gasteiger partial charge on any atom is 0.290 e. The molecule has 0 radical (unpaired) electrons. The van der Waals surface area contributed by atoms with Crippen LogP contribution in [-0.4, -0.2) is 44.4 Å². The molecule has 2 heterocycles. The molecule has 106 valence electrons. The lowest BCUT2D eigenvalue weighted by Gasteiger charge is -2.27. The predicted molar refractivity (Wildman–Crippen MR) is 70.7 cm³/mol. The van der Waals surface area contributed by atoms with Crippen LogP contribution in [0.25, 0.3) is 0 Å². The first-order valence-electron chi connectivity index (χ1n) is 6.26. The number of carbonyl (C=O) groups excluding carboxylic acids is 2. The van der Waals surface area contributed by atoms with E-state index in [-0.39, 0.29) is 17.9 Å². The molecule has 6 nitrogen and oxygen atoms in total. The van der Waals surface area contributed by atoms with Crippen LogP contribution in [0.15, 0.2) is 35.9 Å². The lowest BCUT2D eigenvalue weighted by Crippen LogP contribution is -2.36. The second-order valence-corrected chi connectivity index (χ2v) is 4.81. The molecule has 20 heavy (non-hydrogen) atoms. The molecule has 0 aliphatic carbocycles. The predicted octanol–water partition coefficient (Wildman–Crippen LogP) is 0.747. The number of carbonyl (C=O) groups is 2. The van der Waals surface area contributed by atoms with Crippen molar-refractivity contribution >= 4 is 11.7 Å². The molecule has 0 saturated heterocycles. The first-order chi connectivity index (χ1) is 9.43. The van der Waals surface area contributed by atoms with Gasteiger partial charge < -0.3 is 15.1 Å². The molecule has 1 aromatic heterocycles. The normalized spacial score (nSPS) is 20.4. The lowest BCUT2D eigenvalue weighted by molar-refractivity contribution is -0.130. The number of hydrogen-bond acceptors (Lipinski definition) is 5. The van der Waals surface area contributed by atoms with E-state index < -0.39 is 23.8 Å². The molecule has 0 unspecified atom stereocenters. The molecule has 1 aliphatic rings. The SMILES string of the molecule is CC(=O)C1=C(O)C(=O)N(C[C@H](C)O)[C@@H]1c1cccnc1. The van der Waals surface area contributed by atoms with Crippen molar-refractivity contribution in [2.24, 2.45) is 0 Å². The molecule has 0 spiro atoms. The molecule has 1 amide bonds. The van der Waals surface area contributed by atoms with Crippen molar-refractivity contribution in [3.63, 3.8) is 0 Å². The Morgan fingerprint density at radius 1 is 1.55 bits per heavy atom. The van der Waals surface area contributed by atoms with Gasteiger partial charge in [-0.1, -0.05) is 6.07 Å². The molecule has 1 aromatic rings. The largest absolute Gasteiger partial charge is 0.503 e. The number of nitrogens with zero attached hydrogens (tertiary/aromatic N) is 2. The van der Waals surface area contributed by atoms with Crippen molar-refractivity contribution in [1.82, 2.24) is 9.88 Å². The molecule has 0 fully saturated rings. The first kappa shape index (κ1) is 14.2. The summed E-state index contributed by atoms with van der Waals surface area (Å²) in [5.41, 5.74) is 0.666. The molecule has 2 rings (SSSR count). The Hall–Kier alpha value is -2.21. The zero-order valence-electron chi connectivity index (χ0n) is 11.3. The van der Waals surface area contributed by atoms with Crippen molar-refractivity contribution in [1.29, 1.82) is 0 Å². The van der Waals surface area contributed by atoms with E-state index in [2.05, 4.69) is 4.98 Å². The van der Waals surface area contributed by atoms with Gasteiger partial charge in [-0.3, -0.25) is 14.6 Å². The minimum Gasteiger partial charge on any atom is -0.503 e. The van der Waals surface area contributed by atoms with E-state index in [0.717, 1.165) is 0 Å². The summed E-state index contributed by atoms with van der Waals surface area (Å²) in [6, 6.07) is 2.71.